The van der Waals surface area contributed by atoms with Crippen LogP contribution >= 0.6 is 0 Å². The number of benzene rings is 3. The Hall–Kier alpha value is -3.75. The second-order valence-electron chi connectivity index (χ2n) is 8.89. The van der Waals surface area contributed by atoms with Crippen LogP contribution in [-0.4, -0.2) is 39.1 Å². The lowest BCUT2D eigenvalue weighted by Crippen LogP contribution is -2.21. The van der Waals surface area contributed by atoms with E-state index in [2.05, 4.69) is 11.8 Å². The van der Waals surface area contributed by atoms with Gasteiger partial charge in [-0.1, -0.05) is 48.2 Å². The van der Waals surface area contributed by atoms with E-state index in [9.17, 15) is 26.7 Å². The highest BCUT2D eigenvalue weighted by atomic mass is 32.2. The van der Waals surface area contributed by atoms with Gasteiger partial charge in [0.2, 0.25) is 10.0 Å². The van der Waals surface area contributed by atoms with Crippen molar-refractivity contribution in [3.8, 4) is 23.2 Å². The molecule has 0 bridgehead atoms. The molecule has 8 nitrogen and oxygen atoms in total. The maximum absolute atomic E-state index is 13.1. The van der Waals surface area contributed by atoms with E-state index in [-0.39, 0.29) is 5.56 Å². The molecule has 0 atom stereocenters. The number of hydrogen-bond acceptors (Lipinski definition) is 7. The molecule has 0 amide bonds. The number of hydrogen-bond donors (Lipinski definition) is 2. The van der Waals surface area contributed by atoms with Crippen molar-refractivity contribution in [1.29, 1.82) is 0 Å². The second kappa shape index (κ2) is 9.61. The normalized spacial score (nSPS) is 12.2. The zero-order valence-corrected chi connectivity index (χ0v) is 21.6. The molecular formula is C27H23NO7S2. The molecule has 3 N–H and O–H groups in total. The molecule has 37 heavy (non-hydrogen) atoms. The molecule has 0 fully saturated rings. The van der Waals surface area contributed by atoms with E-state index in [1.807, 2.05) is 30.3 Å². The quantitative estimate of drug-likeness (QED) is 0.283. The number of nitrogens with two attached hydrogens (primary N) is 1. The minimum Gasteiger partial charge on any atom is -0.456 e. The van der Waals surface area contributed by atoms with Crippen LogP contribution < -0.4 is 5.14 Å². The van der Waals surface area contributed by atoms with Crippen LogP contribution in [0, 0.1) is 11.8 Å². The van der Waals surface area contributed by atoms with Gasteiger partial charge in [0, 0.05) is 22.1 Å². The fourth-order valence-electron chi connectivity index (χ4n) is 3.65. The summed E-state index contributed by atoms with van der Waals surface area (Å²) in [5.74, 6) is 4.28. The fourth-order valence-corrected chi connectivity index (χ4v) is 6.32. The lowest BCUT2D eigenvalue weighted by molar-refractivity contribution is 0.102. The van der Waals surface area contributed by atoms with Crippen molar-refractivity contribution in [1.82, 2.24) is 0 Å². The number of aliphatic hydroxyl groups is 1. The Morgan fingerprint density at radius 3 is 2.24 bits per heavy atom. The van der Waals surface area contributed by atoms with E-state index in [1.54, 1.807) is 6.07 Å². The third kappa shape index (κ3) is 5.98. The Morgan fingerprint density at radius 1 is 0.946 bits per heavy atom. The van der Waals surface area contributed by atoms with Gasteiger partial charge in [-0.25, -0.2) is 22.0 Å². The van der Waals surface area contributed by atoms with E-state index in [0.717, 1.165) is 17.5 Å². The van der Waals surface area contributed by atoms with E-state index < -0.39 is 46.8 Å². The number of sulfonamides is 1. The van der Waals surface area contributed by atoms with Crippen LogP contribution in [0.5, 0.6) is 0 Å². The Kier molecular flexibility index (Phi) is 6.83. The highest BCUT2D eigenvalue weighted by Gasteiger charge is 2.27. The number of sulfone groups is 1. The number of rotatable bonds is 6. The van der Waals surface area contributed by atoms with Crippen molar-refractivity contribution >= 4 is 36.6 Å². The summed E-state index contributed by atoms with van der Waals surface area (Å²) in [5.41, 5.74) is 0.253. The lowest BCUT2D eigenvalue weighted by Gasteiger charge is -2.10. The zero-order valence-electron chi connectivity index (χ0n) is 19.9. The lowest BCUT2D eigenvalue weighted by atomic mass is 9.99. The van der Waals surface area contributed by atoms with E-state index >= 15 is 0 Å². The summed E-state index contributed by atoms with van der Waals surface area (Å²) in [6, 6.07) is 18.5. The molecule has 1 aromatic heterocycles. The number of Topliss-reactive ketones (excluding diaryl/α,β-unsaturated/α-hetero) is 1. The number of para-hydroxylation sites is 1. The Labute approximate surface area is 214 Å². The first-order chi connectivity index (χ1) is 17.2. The number of fused-ring (bicyclic) bond motifs is 1. The summed E-state index contributed by atoms with van der Waals surface area (Å²) in [6.07, 6.45) is 0. The predicted molar refractivity (Wildman–Crippen MR) is 139 cm³/mol. The summed E-state index contributed by atoms with van der Waals surface area (Å²) in [7, 11) is -8.69. The van der Waals surface area contributed by atoms with Crippen molar-refractivity contribution in [3.63, 3.8) is 0 Å². The summed E-state index contributed by atoms with van der Waals surface area (Å²) in [5, 5.41) is 16.1. The van der Waals surface area contributed by atoms with E-state index in [4.69, 9.17) is 9.56 Å². The van der Waals surface area contributed by atoms with E-state index in [1.165, 1.54) is 38.1 Å². The van der Waals surface area contributed by atoms with Crippen LogP contribution in [0.2, 0.25) is 0 Å². The van der Waals surface area contributed by atoms with Crippen LogP contribution in [0.15, 0.2) is 87.0 Å². The molecule has 4 aromatic rings. The largest absolute Gasteiger partial charge is 0.456 e. The van der Waals surface area contributed by atoms with Crippen molar-refractivity contribution in [3.05, 3.63) is 83.9 Å². The molecular weight excluding hydrogens is 514 g/mol. The van der Waals surface area contributed by atoms with Gasteiger partial charge in [-0.2, -0.15) is 0 Å². The summed E-state index contributed by atoms with van der Waals surface area (Å²) < 4.78 is 55.7. The SMILES string of the molecule is CC(C)(O)C#Cc1cc(C(=O)CS(=O)(=O)c2ccccc2S(N)(=O)=O)ccc1-c1cc2ccccc2o1. The maximum Gasteiger partial charge on any atom is 0.239 e. The molecule has 1 heterocycles. The molecule has 190 valence electrons. The van der Waals surface area contributed by atoms with Crippen LogP contribution in [0.3, 0.4) is 0 Å². The number of carbonyl (C=O) groups is 1. The number of ketones is 1. The van der Waals surface area contributed by atoms with Crippen LogP contribution in [0.25, 0.3) is 22.3 Å². The Bertz CT molecular complexity index is 1770. The Morgan fingerprint density at radius 2 is 1.59 bits per heavy atom. The van der Waals surface area contributed by atoms with Crippen molar-refractivity contribution in [2.75, 3.05) is 5.75 Å². The minimum absolute atomic E-state index is 0.0385. The van der Waals surface area contributed by atoms with Gasteiger partial charge in [-0.05, 0) is 50.2 Å². The maximum atomic E-state index is 13.1. The molecule has 0 aliphatic rings. The van der Waals surface area contributed by atoms with Crippen molar-refractivity contribution < 1.29 is 31.2 Å². The number of primary sulfonamides is 1. The first-order valence-corrected chi connectivity index (χ1v) is 14.2. The van der Waals surface area contributed by atoms with Crippen LogP contribution in [0.4, 0.5) is 0 Å². The van der Waals surface area contributed by atoms with Gasteiger partial charge >= 0.3 is 0 Å². The average molecular weight is 538 g/mol. The standard InChI is InChI=1S/C27H23NO7S2/c1-27(2,30)14-13-18-15-19(11-12-21(18)24-16-20-7-3-4-8-23(20)35-24)22(29)17-36(31,32)25-9-5-6-10-26(25)37(28,33)34/h3-12,15-16,30H,17H2,1-2H3,(H2,28,33,34). The molecule has 0 saturated carbocycles. The minimum atomic E-state index is -4.35. The first kappa shape index (κ1) is 26.3. The molecule has 0 radical (unpaired) electrons. The van der Waals surface area contributed by atoms with Gasteiger partial charge in [0.05, 0.1) is 4.90 Å². The molecule has 0 aliphatic carbocycles. The molecule has 0 saturated heterocycles. The molecule has 0 aliphatic heterocycles. The van der Waals surface area contributed by atoms with E-state index in [0.29, 0.717) is 22.5 Å². The predicted octanol–water partition coefficient (Wildman–Crippen LogP) is 3.53. The first-order valence-electron chi connectivity index (χ1n) is 11.0. The monoisotopic (exact) mass is 537 g/mol. The van der Waals surface area contributed by atoms with Gasteiger partial charge in [0.1, 0.15) is 27.6 Å². The third-order valence-corrected chi connectivity index (χ3v) is 8.11. The second-order valence-corrected chi connectivity index (χ2v) is 12.4. The number of carbonyl (C=O) groups excluding carboxylic acids is 1. The highest BCUT2D eigenvalue weighted by Crippen LogP contribution is 2.31. The third-order valence-electron chi connectivity index (χ3n) is 5.35. The van der Waals surface area contributed by atoms with Gasteiger partial charge in [-0.15, -0.1) is 0 Å². The molecule has 0 unspecified atom stereocenters. The average Bonchev–Trinajstić information content (AvgIpc) is 3.25. The summed E-state index contributed by atoms with van der Waals surface area (Å²) >= 11 is 0. The van der Waals surface area contributed by atoms with Crippen LogP contribution in [0.1, 0.15) is 29.8 Å². The molecule has 4 rings (SSSR count). The van der Waals surface area contributed by atoms with Gasteiger partial charge in [0.15, 0.2) is 15.6 Å². The Balaban J connectivity index is 1.76. The van der Waals surface area contributed by atoms with Gasteiger partial charge in [0.25, 0.3) is 0 Å². The topological polar surface area (TPSA) is 145 Å². The number of furan rings is 1. The highest BCUT2D eigenvalue weighted by molar-refractivity contribution is 7.94. The fraction of sp³-hybridized carbons (Fsp3) is 0.148. The summed E-state index contributed by atoms with van der Waals surface area (Å²) in [4.78, 5) is 11.9. The van der Waals surface area contributed by atoms with Crippen molar-refractivity contribution in [2.24, 2.45) is 5.14 Å². The molecule has 10 heteroatoms. The smallest absolute Gasteiger partial charge is 0.239 e. The zero-order chi connectivity index (χ0) is 27.0. The van der Waals surface area contributed by atoms with Gasteiger partial charge in [-0.3, -0.25) is 4.79 Å². The molecule has 3 aromatic carbocycles. The van der Waals surface area contributed by atoms with Crippen molar-refractivity contribution in [2.45, 2.75) is 29.2 Å². The van der Waals surface area contributed by atoms with Gasteiger partial charge < -0.3 is 9.52 Å². The van der Waals surface area contributed by atoms with Crippen LogP contribution in [-0.2, 0) is 19.9 Å². The summed E-state index contributed by atoms with van der Waals surface area (Å²) in [6.45, 7) is 3.01. The molecule has 0 spiro atoms.